The Morgan fingerprint density at radius 3 is 2.38 bits per heavy atom. The Morgan fingerprint density at radius 1 is 1.38 bits per heavy atom. The first-order valence-electron chi connectivity index (χ1n) is 4.56. The number of amides is 1. The highest BCUT2D eigenvalue weighted by atomic mass is 16.4. The lowest BCUT2D eigenvalue weighted by Crippen LogP contribution is -2.38. The van der Waals surface area contributed by atoms with Gasteiger partial charge in [0, 0.05) is 5.56 Å². The number of benzene rings is 1. The molecule has 0 saturated carbocycles. The van der Waals surface area contributed by atoms with Gasteiger partial charge in [0.2, 0.25) is 0 Å². The highest BCUT2D eigenvalue weighted by Crippen LogP contribution is 2.12. The summed E-state index contributed by atoms with van der Waals surface area (Å²) in [6.45, 7) is 8.12. The number of carbonyl (C=O) groups excluding carboxylic acids is 1. The summed E-state index contributed by atoms with van der Waals surface area (Å²) in [6, 6.07) is 5.04. The number of aliphatic carboxylic acids is 1. The van der Waals surface area contributed by atoms with Gasteiger partial charge in [-0.2, -0.15) is 0 Å². The maximum atomic E-state index is 11.5. The molecule has 0 aromatic heterocycles. The van der Waals surface area contributed by atoms with Crippen molar-refractivity contribution in [2.45, 2.75) is 13.0 Å². The van der Waals surface area contributed by atoms with Gasteiger partial charge in [-0.25, -0.2) is 4.85 Å². The molecule has 1 atom stereocenters. The monoisotopic (exact) mass is 218 g/mol. The molecule has 1 aromatic rings. The molecule has 0 aliphatic rings. The van der Waals surface area contributed by atoms with Crippen molar-refractivity contribution in [1.29, 1.82) is 0 Å². The van der Waals surface area contributed by atoms with Crippen LogP contribution in [0.3, 0.4) is 0 Å². The van der Waals surface area contributed by atoms with E-state index in [4.69, 9.17) is 11.7 Å². The maximum Gasteiger partial charge on any atom is 0.325 e. The number of hydrogen-bond donors (Lipinski definition) is 2. The Kier molecular flexibility index (Phi) is 3.62. The van der Waals surface area contributed by atoms with Crippen LogP contribution in [-0.4, -0.2) is 23.0 Å². The minimum atomic E-state index is -1.09. The standard InChI is InChI=1S/C11H10N2O3/c1-7(11(15)16)13-10(14)8-3-5-9(12-2)6-4-8/h3-7H,1H3,(H,13,14)(H,15,16)/t7-/m0/s1. The van der Waals surface area contributed by atoms with Crippen LogP contribution >= 0.6 is 0 Å². The van der Waals surface area contributed by atoms with Gasteiger partial charge in [-0.15, -0.1) is 0 Å². The van der Waals surface area contributed by atoms with Crippen molar-refractivity contribution in [2.24, 2.45) is 0 Å². The topological polar surface area (TPSA) is 70.8 Å². The van der Waals surface area contributed by atoms with Crippen LogP contribution in [-0.2, 0) is 4.79 Å². The zero-order valence-corrected chi connectivity index (χ0v) is 8.60. The van der Waals surface area contributed by atoms with Gasteiger partial charge in [0.25, 0.3) is 5.91 Å². The number of nitrogens with zero attached hydrogens (tertiary/aromatic N) is 1. The lowest BCUT2D eigenvalue weighted by Gasteiger charge is -2.08. The van der Waals surface area contributed by atoms with Crippen LogP contribution in [0.2, 0.25) is 0 Å². The minimum Gasteiger partial charge on any atom is -0.480 e. The molecule has 5 heteroatoms. The van der Waals surface area contributed by atoms with Gasteiger partial charge in [-0.3, -0.25) is 9.59 Å². The van der Waals surface area contributed by atoms with E-state index in [2.05, 4.69) is 10.2 Å². The average Bonchev–Trinajstić information content (AvgIpc) is 2.28. The molecule has 0 saturated heterocycles. The lowest BCUT2D eigenvalue weighted by atomic mass is 10.2. The van der Waals surface area contributed by atoms with Crippen molar-refractivity contribution in [1.82, 2.24) is 5.32 Å². The third-order valence-electron chi connectivity index (χ3n) is 1.98. The molecule has 0 bridgehead atoms. The zero-order valence-electron chi connectivity index (χ0n) is 8.60. The zero-order chi connectivity index (χ0) is 12.1. The van der Waals surface area contributed by atoms with Gasteiger partial charge in [0.05, 0.1) is 6.57 Å². The number of nitrogens with one attached hydrogen (secondary N) is 1. The fourth-order valence-electron chi connectivity index (χ4n) is 1.03. The van der Waals surface area contributed by atoms with Crippen LogP contribution in [0.15, 0.2) is 24.3 Å². The molecule has 82 valence electrons. The predicted octanol–water partition coefficient (Wildman–Crippen LogP) is 1.44. The quantitative estimate of drug-likeness (QED) is 0.754. The molecule has 1 aromatic carbocycles. The second-order valence-corrected chi connectivity index (χ2v) is 3.19. The highest BCUT2D eigenvalue weighted by molar-refractivity contribution is 5.96. The van der Waals surface area contributed by atoms with Crippen molar-refractivity contribution in [3.63, 3.8) is 0 Å². The summed E-state index contributed by atoms with van der Waals surface area (Å²) in [4.78, 5) is 25.2. The summed E-state index contributed by atoms with van der Waals surface area (Å²) < 4.78 is 0. The van der Waals surface area contributed by atoms with Crippen molar-refractivity contribution in [2.75, 3.05) is 0 Å². The summed E-state index contributed by atoms with van der Waals surface area (Å²) in [7, 11) is 0. The molecule has 5 nitrogen and oxygen atoms in total. The number of rotatable bonds is 3. The average molecular weight is 218 g/mol. The molecule has 2 N–H and O–H groups in total. The second-order valence-electron chi connectivity index (χ2n) is 3.19. The van der Waals surface area contributed by atoms with Crippen LogP contribution in [0.25, 0.3) is 4.85 Å². The van der Waals surface area contributed by atoms with Gasteiger partial charge in [-0.1, -0.05) is 24.3 Å². The molecule has 0 aliphatic carbocycles. The second kappa shape index (κ2) is 4.94. The van der Waals surface area contributed by atoms with E-state index < -0.39 is 17.9 Å². The third kappa shape index (κ3) is 2.82. The summed E-state index contributed by atoms with van der Waals surface area (Å²) >= 11 is 0. The first kappa shape index (κ1) is 11.7. The van der Waals surface area contributed by atoms with Crippen molar-refractivity contribution in [3.8, 4) is 0 Å². The molecule has 0 aliphatic heterocycles. The smallest absolute Gasteiger partial charge is 0.325 e. The lowest BCUT2D eigenvalue weighted by molar-refractivity contribution is -0.138. The van der Waals surface area contributed by atoms with E-state index in [0.29, 0.717) is 11.3 Å². The van der Waals surface area contributed by atoms with Gasteiger partial charge in [-0.05, 0) is 6.92 Å². The van der Waals surface area contributed by atoms with Gasteiger partial charge < -0.3 is 10.4 Å². The van der Waals surface area contributed by atoms with Crippen LogP contribution < -0.4 is 5.32 Å². The van der Waals surface area contributed by atoms with Crippen molar-refractivity contribution in [3.05, 3.63) is 41.2 Å². The van der Waals surface area contributed by atoms with E-state index in [9.17, 15) is 9.59 Å². The number of carbonyl (C=O) groups is 2. The molecule has 16 heavy (non-hydrogen) atoms. The predicted molar refractivity (Wildman–Crippen MR) is 57.3 cm³/mol. The van der Waals surface area contributed by atoms with Crippen LogP contribution in [0.5, 0.6) is 0 Å². The fourth-order valence-corrected chi connectivity index (χ4v) is 1.03. The molecular weight excluding hydrogens is 208 g/mol. The summed E-state index contributed by atoms with van der Waals surface area (Å²) in [5.41, 5.74) is 0.767. The van der Waals surface area contributed by atoms with E-state index in [1.54, 1.807) is 0 Å². The normalized spacial score (nSPS) is 11.2. The van der Waals surface area contributed by atoms with Crippen molar-refractivity contribution >= 4 is 17.6 Å². The number of carboxylic acids is 1. The maximum absolute atomic E-state index is 11.5. The SMILES string of the molecule is [C-]#[N+]c1ccc(C(=O)N[C@@H](C)C(=O)O)cc1. The summed E-state index contributed by atoms with van der Waals surface area (Å²) in [5, 5.41) is 10.9. The number of hydrogen-bond acceptors (Lipinski definition) is 2. The molecule has 0 radical (unpaired) electrons. The van der Waals surface area contributed by atoms with Crippen LogP contribution in [0.4, 0.5) is 5.69 Å². The summed E-state index contributed by atoms with van der Waals surface area (Å²) in [6.07, 6.45) is 0. The molecular formula is C11H10N2O3. The summed E-state index contributed by atoms with van der Waals surface area (Å²) in [5.74, 6) is -1.56. The molecule has 0 heterocycles. The number of carboxylic acid groups (broad SMARTS) is 1. The largest absolute Gasteiger partial charge is 0.480 e. The first-order chi connectivity index (χ1) is 7.54. The van der Waals surface area contributed by atoms with Crippen LogP contribution in [0.1, 0.15) is 17.3 Å². The molecule has 1 rings (SSSR count). The van der Waals surface area contributed by atoms with Crippen molar-refractivity contribution < 1.29 is 14.7 Å². The van der Waals surface area contributed by atoms with Gasteiger partial charge in [0.15, 0.2) is 5.69 Å². The molecule has 0 spiro atoms. The Balaban J connectivity index is 2.74. The van der Waals surface area contributed by atoms with E-state index in [-0.39, 0.29) is 0 Å². The van der Waals surface area contributed by atoms with E-state index in [1.165, 1.54) is 31.2 Å². The van der Waals surface area contributed by atoms with Gasteiger partial charge in [0.1, 0.15) is 6.04 Å². The van der Waals surface area contributed by atoms with Crippen LogP contribution in [0, 0.1) is 6.57 Å². The Bertz CT molecular complexity index is 445. The Hall–Kier alpha value is -2.35. The first-order valence-corrected chi connectivity index (χ1v) is 4.56. The van der Waals surface area contributed by atoms with Gasteiger partial charge >= 0.3 is 5.97 Å². The van der Waals surface area contributed by atoms with E-state index in [1.807, 2.05) is 0 Å². The minimum absolute atomic E-state index is 0.334. The fraction of sp³-hybridized carbons (Fsp3) is 0.182. The molecule has 1 amide bonds. The Morgan fingerprint density at radius 2 is 1.94 bits per heavy atom. The van der Waals surface area contributed by atoms with E-state index >= 15 is 0 Å². The van der Waals surface area contributed by atoms with E-state index in [0.717, 1.165) is 0 Å². The highest BCUT2D eigenvalue weighted by Gasteiger charge is 2.14. The molecule has 0 fully saturated rings. The molecule has 0 unspecified atom stereocenters. The Labute approximate surface area is 92.5 Å². The third-order valence-corrected chi connectivity index (χ3v) is 1.98.